The number of para-hydroxylation sites is 1. The van der Waals surface area contributed by atoms with Crippen LogP contribution in [-0.2, 0) is 4.79 Å². The summed E-state index contributed by atoms with van der Waals surface area (Å²) in [7, 11) is 0. The lowest BCUT2D eigenvalue weighted by Gasteiger charge is -2.12. The van der Waals surface area contributed by atoms with E-state index in [0.29, 0.717) is 17.9 Å². The Morgan fingerprint density at radius 2 is 2.27 bits per heavy atom. The molecule has 4 nitrogen and oxygen atoms in total. The summed E-state index contributed by atoms with van der Waals surface area (Å²) in [5, 5.41) is 8.78. The summed E-state index contributed by atoms with van der Waals surface area (Å²) in [6, 6.07) is 5.74. The van der Waals surface area contributed by atoms with E-state index in [1.165, 1.54) is 0 Å². The second-order valence-electron chi connectivity index (χ2n) is 2.95. The molecule has 0 bridgehead atoms. The SMILES string of the molecule is C=CCOc1ccccc1[C@H](N)C(=O)O. The molecule has 0 radical (unpaired) electrons. The number of carboxylic acid groups (broad SMARTS) is 1. The van der Waals surface area contributed by atoms with Crippen molar-refractivity contribution in [1.29, 1.82) is 0 Å². The zero-order chi connectivity index (χ0) is 11.3. The van der Waals surface area contributed by atoms with Gasteiger partial charge in [0, 0.05) is 5.56 Å². The van der Waals surface area contributed by atoms with Crippen LogP contribution >= 0.6 is 0 Å². The number of nitrogens with two attached hydrogens (primary N) is 1. The van der Waals surface area contributed by atoms with Crippen molar-refractivity contribution in [2.75, 3.05) is 6.61 Å². The first kappa shape index (κ1) is 11.3. The molecule has 1 aromatic rings. The summed E-state index contributed by atoms with van der Waals surface area (Å²) >= 11 is 0. The fraction of sp³-hybridized carbons (Fsp3) is 0.182. The largest absolute Gasteiger partial charge is 0.489 e. The van der Waals surface area contributed by atoms with Gasteiger partial charge in [-0.2, -0.15) is 0 Å². The highest BCUT2D eigenvalue weighted by Crippen LogP contribution is 2.23. The molecule has 0 aliphatic rings. The number of hydrogen-bond acceptors (Lipinski definition) is 3. The maximum atomic E-state index is 10.7. The van der Waals surface area contributed by atoms with E-state index < -0.39 is 12.0 Å². The first-order valence-corrected chi connectivity index (χ1v) is 4.48. The van der Waals surface area contributed by atoms with Gasteiger partial charge in [0.2, 0.25) is 0 Å². The van der Waals surface area contributed by atoms with Crippen LogP contribution in [0.3, 0.4) is 0 Å². The van der Waals surface area contributed by atoms with E-state index in [1.807, 2.05) is 0 Å². The van der Waals surface area contributed by atoms with Gasteiger partial charge < -0.3 is 15.6 Å². The van der Waals surface area contributed by atoms with Gasteiger partial charge in [-0.1, -0.05) is 30.9 Å². The Morgan fingerprint density at radius 1 is 1.60 bits per heavy atom. The van der Waals surface area contributed by atoms with Gasteiger partial charge in [-0.15, -0.1) is 0 Å². The molecule has 0 aliphatic carbocycles. The van der Waals surface area contributed by atoms with Crippen LogP contribution in [0.2, 0.25) is 0 Å². The van der Waals surface area contributed by atoms with E-state index in [4.69, 9.17) is 15.6 Å². The lowest BCUT2D eigenvalue weighted by molar-refractivity contribution is -0.138. The monoisotopic (exact) mass is 207 g/mol. The zero-order valence-corrected chi connectivity index (χ0v) is 8.22. The van der Waals surface area contributed by atoms with Crippen molar-refractivity contribution >= 4 is 5.97 Å². The molecule has 0 fully saturated rings. The van der Waals surface area contributed by atoms with E-state index in [-0.39, 0.29) is 0 Å². The normalized spacial score (nSPS) is 11.8. The predicted octanol–water partition coefficient (Wildman–Crippen LogP) is 1.34. The Labute approximate surface area is 88.0 Å². The van der Waals surface area contributed by atoms with Crippen molar-refractivity contribution in [1.82, 2.24) is 0 Å². The molecular formula is C11H13NO3. The minimum absolute atomic E-state index is 0.323. The molecule has 1 rings (SSSR count). The third-order valence-corrected chi connectivity index (χ3v) is 1.88. The molecule has 0 aliphatic heterocycles. The minimum Gasteiger partial charge on any atom is -0.489 e. The van der Waals surface area contributed by atoms with Crippen LogP contribution < -0.4 is 10.5 Å². The van der Waals surface area contributed by atoms with E-state index in [1.54, 1.807) is 30.3 Å². The molecule has 0 saturated heterocycles. The third-order valence-electron chi connectivity index (χ3n) is 1.88. The average Bonchev–Trinajstić information content (AvgIpc) is 2.25. The number of carboxylic acids is 1. The maximum Gasteiger partial charge on any atom is 0.325 e. The van der Waals surface area contributed by atoms with E-state index >= 15 is 0 Å². The quantitative estimate of drug-likeness (QED) is 0.714. The molecule has 3 N–H and O–H groups in total. The maximum absolute atomic E-state index is 10.7. The van der Waals surface area contributed by atoms with Crippen molar-refractivity contribution in [3.63, 3.8) is 0 Å². The number of hydrogen-bond donors (Lipinski definition) is 2. The van der Waals surface area contributed by atoms with Crippen molar-refractivity contribution in [2.45, 2.75) is 6.04 Å². The van der Waals surface area contributed by atoms with Gasteiger partial charge >= 0.3 is 5.97 Å². The van der Waals surface area contributed by atoms with Crippen LogP contribution in [0, 0.1) is 0 Å². The summed E-state index contributed by atoms with van der Waals surface area (Å²) in [5.74, 6) is -0.600. The number of benzene rings is 1. The first-order chi connectivity index (χ1) is 7.16. The Balaban J connectivity index is 2.94. The summed E-state index contributed by atoms with van der Waals surface area (Å²) < 4.78 is 5.30. The Hall–Kier alpha value is -1.81. The highest BCUT2D eigenvalue weighted by Gasteiger charge is 2.17. The zero-order valence-electron chi connectivity index (χ0n) is 8.22. The van der Waals surface area contributed by atoms with Crippen LogP contribution in [0.1, 0.15) is 11.6 Å². The molecular weight excluding hydrogens is 194 g/mol. The number of rotatable bonds is 5. The van der Waals surface area contributed by atoms with Crippen molar-refractivity contribution in [2.24, 2.45) is 5.73 Å². The van der Waals surface area contributed by atoms with Crippen LogP contribution in [0.4, 0.5) is 0 Å². The van der Waals surface area contributed by atoms with Gasteiger partial charge in [-0.3, -0.25) is 4.79 Å². The highest BCUT2D eigenvalue weighted by molar-refractivity contribution is 5.76. The Kier molecular flexibility index (Phi) is 3.88. The number of carbonyl (C=O) groups is 1. The summed E-state index contributed by atoms with van der Waals surface area (Å²) in [5.41, 5.74) is 5.97. The molecule has 0 heterocycles. The topological polar surface area (TPSA) is 72.5 Å². The molecule has 15 heavy (non-hydrogen) atoms. The fourth-order valence-electron chi connectivity index (χ4n) is 1.15. The van der Waals surface area contributed by atoms with Crippen LogP contribution in [-0.4, -0.2) is 17.7 Å². The average molecular weight is 207 g/mol. The lowest BCUT2D eigenvalue weighted by Crippen LogP contribution is -2.21. The van der Waals surface area contributed by atoms with Gasteiger partial charge in [0.15, 0.2) is 0 Å². The van der Waals surface area contributed by atoms with E-state index in [2.05, 4.69) is 6.58 Å². The molecule has 0 saturated carbocycles. The molecule has 80 valence electrons. The highest BCUT2D eigenvalue weighted by atomic mass is 16.5. The van der Waals surface area contributed by atoms with E-state index in [9.17, 15) is 4.79 Å². The van der Waals surface area contributed by atoms with Crippen molar-refractivity contribution in [3.8, 4) is 5.75 Å². The molecule has 4 heteroatoms. The van der Waals surface area contributed by atoms with Gasteiger partial charge in [-0.25, -0.2) is 0 Å². The molecule has 0 amide bonds. The Morgan fingerprint density at radius 3 is 2.87 bits per heavy atom. The summed E-state index contributed by atoms with van der Waals surface area (Å²) in [4.78, 5) is 10.7. The van der Waals surface area contributed by atoms with Gasteiger partial charge in [0.1, 0.15) is 18.4 Å². The van der Waals surface area contributed by atoms with Gasteiger partial charge in [0.25, 0.3) is 0 Å². The second-order valence-corrected chi connectivity index (χ2v) is 2.95. The van der Waals surface area contributed by atoms with Gasteiger partial charge in [-0.05, 0) is 6.07 Å². The summed E-state index contributed by atoms with van der Waals surface area (Å²) in [6.07, 6.45) is 1.59. The predicted molar refractivity (Wildman–Crippen MR) is 56.7 cm³/mol. The molecule has 0 spiro atoms. The Bertz CT molecular complexity index is 363. The number of ether oxygens (including phenoxy) is 1. The van der Waals surface area contributed by atoms with Gasteiger partial charge in [0.05, 0.1) is 0 Å². The number of aliphatic carboxylic acids is 1. The first-order valence-electron chi connectivity index (χ1n) is 4.48. The van der Waals surface area contributed by atoms with Crippen LogP contribution in [0.5, 0.6) is 5.75 Å². The minimum atomic E-state index is -1.08. The van der Waals surface area contributed by atoms with Crippen LogP contribution in [0.25, 0.3) is 0 Å². The van der Waals surface area contributed by atoms with Crippen molar-refractivity contribution in [3.05, 3.63) is 42.5 Å². The van der Waals surface area contributed by atoms with E-state index in [0.717, 1.165) is 0 Å². The third kappa shape index (κ3) is 2.82. The second kappa shape index (κ2) is 5.17. The van der Waals surface area contributed by atoms with Crippen molar-refractivity contribution < 1.29 is 14.6 Å². The smallest absolute Gasteiger partial charge is 0.325 e. The summed E-state index contributed by atoms with van der Waals surface area (Å²) in [6.45, 7) is 3.84. The molecule has 0 aromatic heterocycles. The lowest BCUT2D eigenvalue weighted by atomic mass is 10.1. The standard InChI is InChI=1S/C11H13NO3/c1-2-7-15-9-6-4-3-5-8(9)10(12)11(13)14/h2-6,10H,1,7,12H2,(H,13,14)/t10-/m0/s1. The molecule has 1 atom stereocenters. The van der Waals surface area contributed by atoms with Crippen LogP contribution in [0.15, 0.2) is 36.9 Å². The molecule has 1 aromatic carbocycles. The molecule has 0 unspecified atom stereocenters. The fourth-order valence-corrected chi connectivity index (χ4v) is 1.15.